The van der Waals surface area contributed by atoms with Crippen LogP contribution in [0.25, 0.3) is 90.9 Å². The molecule has 0 saturated heterocycles. The highest BCUT2D eigenvalue weighted by molar-refractivity contribution is 6.84. The monoisotopic (exact) mass is 944 g/mol. The molecule has 0 atom stereocenters. The second-order valence-corrected chi connectivity index (χ2v) is 35.8. The van der Waals surface area contributed by atoms with E-state index in [1.807, 2.05) is 0 Å². The van der Waals surface area contributed by atoms with Gasteiger partial charge in [-0.15, -0.1) is 16.6 Å². The number of H-pyrrole nitrogens is 2. The highest BCUT2D eigenvalue weighted by Crippen LogP contribution is 2.40. The van der Waals surface area contributed by atoms with Crippen LogP contribution in [0.3, 0.4) is 0 Å². The Kier molecular flexibility index (Phi) is 12.5. The van der Waals surface area contributed by atoms with Gasteiger partial charge in [-0.3, -0.25) is 0 Å². The van der Waals surface area contributed by atoms with Gasteiger partial charge < -0.3 is 9.97 Å². The normalized spacial score (nSPS) is 12.2. The van der Waals surface area contributed by atoms with Gasteiger partial charge in [-0.1, -0.05) is 131 Å². The third kappa shape index (κ3) is 10.6. The average Bonchev–Trinajstić information content (AvgIpc) is 4.14. The fourth-order valence-corrected chi connectivity index (χ4v) is 10.5. The number of rotatable bonds is 4. The van der Waals surface area contributed by atoms with E-state index in [4.69, 9.17) is 9.97 Å². The number of hydrogen-bond acceptors (Lipinski definition) is 2. The first-order valence-electron chi connectivity index (χ1n) is 23.9. The Morgan fingerprint density at radius 2 is 0.623 bits per heavy atom. The molecule has 7 heteroatoms. The summed E-state index contributed by atoms with van der Waals surface area (Å²) in [6, 6.07) is 39.3. The van der Waals surface area contributed by atoms with Crippen molar-refractivity contribution in [3.05, 3.63) is 165 Å². The molecule has 0 spiro atoms. The first-order chi connectivity index (χ1) is 32.7. The molecule has 0 radical (unpaired) electrons. The van der Waals surface area contributed by atoms with E-state index in [2.05, 4.69) is 258 Å². The maximum atomic E-state index is 5.59. The van der Waals surface area contributed by atoms with Crippen molar-refractivity contribution in [2.45, 2.75) is 79.7 Å². The molecule has 0 aliphatic carbocycles. The van der Waals surface area contributed by atoms with E-state index in [-0.39, 0.29) is 0 Å². The lowest BCUT2D eigenvalue weighted by Gasteiger charge is -2.13. The second-order valence-electron chi connectivity index (χ2n) is 21.5. The van der Waals surface area contributed by atoms with Crippen LogP contribution in [0.5, 0.6) is 0 Å². The molecule has 2 aliphatic heterocycles. The van der Waals surface area contributed by atoms with Crippen LogP contribution >= 0.6 is 0 Å². The molecule has 0 amide bonds. The van der Waals surface area contributed by atoms with Gasteiger partial charge in [0.1, 0.15) is 24.2 Å². The lowest BCUT2D eigenvalue weighted by atomic mass is 9.92. The molecule has 69 heavy (non-hydrogen) atoms. The van der Waals surface area contributed by atoms with Crippen molar-refractivity contribution in [1.82, 2.24) is 19.9 Å². The summed E-state index contributed by atoms with van der Waals surface area (Å²) >= 11 is 0. The molecule has 4 nitrogen and oxygen atoms in total. The Labute approximate surface area is 412 Å². The Balaban J connectivity index is 1.39. The Bertz CT molecular complexity index is 3520. The highest BCUT2D eigenvalue weighted by Gasteiger charge is 2.21. The van der Waals surface area contributed by atoms with Crippen LogP contribution in [0.2, 0.25) is 58.9 Å². The van der Waals surface area contributed by atoms with Gasteiger partial charge in [0.15, 0.2) is 0 Å². The summed E-state index contributed by atoms with van der Waals surface area (Å²) in [5, 5.41) is 0. The fourth-order valence-electron chi connectivity index (χ4n) is 8.89. The maximum absolute atomic E-state index is 5.59. The first kappa shape index (κ1) is 46.9. The number of aromatic amines is 2. The molecular weight excluding hydrogens is 885 g/mol. The minimum atomic E-state index is -1.56. The number of aryl methyl sites for hydroxylation is 3. The molecule has 9 rings (SSSR count). The third-order valence-corrected chi connectivity index (χ3v) is 14.6. The summed E-state index contributed by atoms with van der Waals surface area (Å²) in [7, 11) is -4.68. The zero-order valence-corrected chi connectivity index (χ0v) is 45.1. The van der Waals surface area contributed by atoms with E-state index in [0.29, 0.717) is 0 Å². The Morgan fingerprint density at radius 1 is 0.348 bits per heavy atom. The smallest absolute Gasteiger partial charge is 0.129 e. The highest BCUT2D eigenvalue weighted by atomic mass is 28.3. The van der Waals surface area contributed by atoms with Gasteiger partial charge in [-0.25, -0.2) is 9.97 Å². The first-order valence-corrected chi connectivity index (χ1v) is 34.4. The van der Waals surface area contributed by atoms with E-state index in [0.717, 1.165) is 100 Å². The topological polar surface area (TPSA) is 57.4 Å². The van der Waals surface area contributed by atoms with Crippen LogP contribution in [0.15, 0.2) is 109 Å². The fraction of sp³-hybridized carbons (Fsp3) is 0.194. The molecule has 7 aromatic rings. The molecule has 0 unspecified atom stereocenters. The lowest BCUT2D eigenvalue weighted by molar-refractivity contribution is 1.28. The third-order valence-electron chi connectivity index (χ3n) is 11.9. The van der Waals surface area contributed by atoms with Crippen LogP contribution in [0.1, 0.15) is 56.2 Å². The summed E-state index contributed by atoms with van der Waals surface area (Å²) < 4.78 is 0. The van der Waals surface area contributed by atoms with Crippen LogP contribution in [0.4, 0.5) is 0 Å². The number of nitrogens with one attached hydrogen (secondary N) is 2. The minimum Gasteiger partial charge on any atom is -0.354 e. The number of hydrogen-bond donors (Lipinski definition) is 2. The molecule has 2 N–H and O–H groups in total. The van der Waals surface area contributed by atoms with Gasteiger partial charge in [-0.2, -0.15) is 0 Å². The number of aromatic nitrogens is 4. The number of nitrogens with zero attached hydrogens (tertiary/aromatic N) is 2. The van der Waals surface area contributed by atoms with E-state index in [1.165, 1.54) is 22.3 Å². The van der Waals surface area contributed by atoms with Crippen LogP contribution in [-0.2, 0) is 0 Å². The summed E-state index contributed by atoms with van der Waals surface area (Å²) in [4.78, 5) is 19.0. The van der Waals surface area contributed by atoms with Gasteiger partial charge in [0.05, 0.1) is 22.8 Å². The van der Waals surface area contributed by atoms with Crippen molar-refractivity contribution < 1.29 is 0 Å². The Morgan fingerprint density at radius 3 is 0.913 bits per heavy atom. The Hall–Kier alpha value is -7.19. The van der Waals surface area contributed by atoms with Crippen molar-refractivity contribution in [3.8, 4) is 78.9 Å². The van der Waals surface area contributed by atoms with E-state index < -0.39 is 24.2 Å². The predicted octanol–water partition coefficient (Wildman–Crippen LogP) is 15.9. The molecule has 4 aromatic carbocycles. The summed E-state index contributed by atoms with van der Waals surface area (Å²) in [6.45, 7) is 27.1. The zero-order chi connectivity index (χ0) is 48.8. The van der Waals surface area contributed by atoms with E-state index >= 15 is 0 Å². The van der Waals surface area contributed by atoms with Crippen molar-refractivity contribution in [2.75, 3.05) is 0 Å². The van der Waals surface area contributed by atoms with Crippen molar-refractivity contribution in [1.29, 1.82) is 0 Å². The SMILES string of the molecule is Cc1cc(C)c(-c2c3nc(c(-c4ccc(C#C[Si](C)(C)C)cc4)c4ccc([nH]4)c(-c4ccc(C#C[Si](C)(C)C)cc4)c4nc(c(-c5ccc(C#C[Si](C)(C)C)cc5)c5ccc2[nH]5)C=C4)C=C3)c(C)c1. The van der Waals surface area contributed by atoms with Crippen LogP contribution < -0.4 is 0 Å². The van der Waals surface area contributed by atoms with Gasteiger partial charge in [-0.05, 0) is 139 Å². The molecule has 5 heterocycles. The summed E-state index contributed by atoms with van der Waals surface area (Å²) in [6.07, 6.45) is 8.67. The number of fused-ring (bicyclic) bond motifs is 8. The molecule has 3 aromatic heterocycles. The van der Waals surface area contributed by atoms with Gasteiger partial charge in [0.2, 0.25) is 0 Å². The standard InChI is InChI=1S/C62H60N4Si3/c1-41-39-42(2)58(43(3)40-41)62-56-31-29-54(65-56)60(48-21-15-45(16-22-48)34-37-68(7,8)9)52-27-25-50(63-52)59(47-19-13-44(14-20-47)33-36-67(4,5)6)51-26-28-53(64-51)61(55-30-32-57(62)66-55)49-23-17-46(18-24-49)35-38-69(10,11)12/h13-32,39-40,63,66H,1-12H3. The lowest BCUT2D eigenvalue weighted by Crippen LogP contribution is -2.16. The quantitative estimate of drug-likeness (QED) is 0.136. The second kappa shape index (κ2) is 18.4. The van der Waals surface area contributed by atoms with Gasteiger partial charge >= 0.3 is 0 Å². The molecule has 8 bridgehead atoms. The minimum absolute atomic E-state index is 0.868. The molecule has 2 aliphatic rings. The average molecular weight is 945 g/mol. The molecule has 0 saturated carbocycles. The predicted molar refractivity (Wildman–Crippen MR) is 305 cm³/mol. The molecular formula is C62H60N4Si3. The van der Waals surface area contributed by atoms with Gasteiger partial charge in [0.25, 0.3) is 0 Å². The van der Waals surface area contributed by atoms with Crippen LogP contribution in [-0.4, -0.2) is 44.2 Å². The summed E-state index contributed by atoms with van der Waals surface area (Å²) in [5.41, 5.74) is 33.0. The summed E-state index contributed by atoms with van der Waals surface area (Å²) in [5.74, 6) is 10.4. The van der Waals surface area contributed by atoms with E-state index in [9.17, 15) is 0 Å². The van der Waals surface area contributed by atoms with Crippen molar-refractivity contribution >= 4 is 70.6 Å². The van der Waals surface area contributed by atoms with Gasteiger partial charge in [0, 0.05) is 61.0 Å². The number of benzene rings is 4. The van der Waals surface area contributed by atoms with E-state index in [1.54, 1.807) is 0 Å². The van der Waals surface area contributed by atoms with Crippen LogP contribution in [0, 0.1) is 55.2 Å². The zero-order valence-electron chi connectivity index (χ0n) is 42.1. The largest absolute Gasteiger partial charge is 0.354 e. The van der Waals surface area contributed by atoms with Crippen molar-refractivity contribution in [3.63, 3.8) is 0 Å². The maximum Gasteiger partial charge on any atom is 0.129 e. The molecule has 0 fully saturated rings. The van der Waals surface area contributed by atoms with Crippen molar-refractivity contribution in [2.24, 2.45) is 0 Å². The molecule has 340 valence electrons.